The van der Waals surface area contributed by atoms with Gasteiger partial charge >= 0.3 is 0 Å². The molecular formula is C22H22FNO5. The number of hydrogen-bond donors (Lipinski definition) is 1. The molecule has 0 bridgehead atoms. The average Bonchev–Trinajstić information content (AvgIpc) is 2.97. The highest BCUT2D eigenvalue weighted by molar-refractivity contribution is 6.46. The number of ether oxygens (including phenoxy) is 2. The summed E-state index contributed by atoms with van der Waals surface area (Å²) in [6.07, 6.45) is 0. The first-order valence-electron chi connectivity index (χ1n) is 9.24. The molecule has 2 aromatic rings. The largest absolute Gasteiger partial charge is 0.507 e. The Morgan fingerprint density at radius 1 is 1.14 bits per heavy atom. The van der Waals surface area contributed by atoms with Gasteiger partial charge in [-0.2, -0.15) is 0 Å². The number of aliphatic hydroxyl groups is 1. The van der Waals surface area contributed by atoms with E-state index < -0.39 is 23.5 Å². The standard InChI is InChI=1S/C22H22FNO5/c1-3-29-15-10-8-14(9-11-15)20(25)18-19(16-6-4-5-7-17(16)23)24(12-13-28-2)22(27)21(18)26/h4-11,19,25H,3,12-13H2,1-2H3/b20-18+. The van der Waals surface area contributed by atoms with Crippen molar-refractivity contribution in [3.8, 4) is 5.75 Å². The summed E-state index contributed by atoms with van der Waals surface area (Å²) in [6.45, 7) is 2.59. The second-order valence-electron chi connectivity index (χ2n) is 6.46. The van der Waals surface area contributed by atoms with Crippen LogP contribution in [-0.2, 0) is 14.3 Å². The van der Waals surface area contributed by atoms with Gasteiger partial charge in [-0.3, -0.25) is 9.59 Å². The van der Waals surface area contributed by atoms with Crippen LogP contribution in [-0.4, -0.2) is 48.6 Å². The summed E-state index contributed by atoms with van der Waals surface area (Å²) in [5.74, 6) is -1.99. The van der Waals surface area contributed by atoms with Gasteiger partial charge in [0.15, 0.2) is 0 Å². The molecule has 1 fully saturated rings. The van der Waals surface area contributed by atoms with Crippen molar-refractivity contribution in [1.29, 1.82) is 0 Å². The predicted molar refractivity (Wildman–Crippen MR) is 105 cm³/mol. The van der Waals surface area contributed by atoms with Gasteiger partial charge < -0.3 is 19.5 Å². The third kappa shape index (κ3) is 4.00. The zero-order valence-electron chi connectivity index (χ0n) is 16.2. The molecule has 1 heterocycles. The number of amides is 1. The zero-order valence-corrected chi connectivity index (χ0v) is 16.2. The van der Waals surface area contributed by atoms with E-state index in [2.05, 4.69) is 0 Å². The fraction of sp³-hybridized carbons (Fsp3) is 0.273. The molecule has 1 N–H and O–H groups in total. The van der Waals surface area contributed by atoms with E-state index in [-0.39, 0.29) is 30.0 Å². The lowest BCUT2D eigenvalue weighted by atomic mass is 9.95. The molecule has 2 aromatic carbocycles. The molecule has 0 saturated carbocycles. The van der Waals surface area contributed by atoms with Gasteiger partial charge in [-0.15, -0.1) is 0 Å². The van der Waals surface area contributed by atoms with E-state index >= 15 is 0 Å². The summed E-state index contributed by atoms with van der Waals surface area (Å²) >= 11 is 0. The Morgan fingerprint density at radius 2 is 1.83 bits per heavy atom. The van der Waals surface area contributed by atoms with Gasteiger partial charge in [0.05, 0.1) is 24.8 Å². The topological polar surface area (TPSA) is 76.1 Å². The number of carbonyl (C=O) groups is 2. The van der Waals surface area contributed by atoms with Crippen LogP contribution in [0.2, 0.25) is 0 Å². The van der Waals surface area contributed by atoms with E-state index in [0.29, 0.717) is 17.9 Å². The minimum atomic E-state index is -1.04. The van der Waals surface area contributed by atoms with Crippen LogP contribution in [0, 0.1) is 5.82 Å². The predicted octanol–water partition coefficient (Wildman–Crippen LogP) is 3.29. The molecule has 1 aliphatic rings. The van der Waals surface area contributed by atoms with Gasteiger partial charge in [-0.25, -0.2) is 4.39 Å². The Kier molecular flexibility index (Phi) is 6.29. The molecule has 29 heavy (non-hydrogen) atoms. The smallest absolute Gasteiger partial charge is 0.295 e. The molecule has 0 aliphatic carbocycles. The highest BCUT2D eigenvalue weighted by Crippen LogP contribution is 2.40. The Bertz CT molecular complexity index is 938. The first kappa shape index (κ1) is 20.5. The fourth-order valence-corrected chi connectivity index (χ4v) is 3.35. The number of carbonyl (C=O) groups excluding carboxylic acids is 2. The minimum absolute atomic E-state index is 0.0835. The molecule has 1 aliphatic heterocycles. The molecular weight excluding hydrogens is 377 g/mol. The Morgan fingerprint density at radius 3 is 2.45 bits per heavy atom. The molecule has 3 rings (SSSR count). The monoisotopic (exact) mass is 399 g/mol. The van der Waals surface area contributed by atoms with Gasteiger partial charge in [0.1, 0.15) is 17.3 Å². The van der Waals surface area contributed by atoms with Crippen molar-refractivity contribution in [2.45, 2.75) is 13.0 Å². The highest BCUT2D eigenvalue weighted by atomic mass is 19.1. The van der Waals surface area contributed by atoms with Crippen LogP contribution in [0.15, 0.2) is 54.1 Å². The molecule has 1 amide bonds. The van der Waals surface area contributed by atoms with Crippen molar-refractivity contribution in [2.24, 2.45) is 0 Å². The quantitative estimate of drug-likeness (QED) is 0.439. The van der Waals surface area contributed by atoms with Crippen LogP contribution in [0.25, 0.3) is 5.76 Å². The van der Waals surface area contributed by atoms with Crippen molar-refractivity contribution in [2.75, 3.05) is 26.9 Å². The van der Waals surface area contributed by atoms with E-state index in [0.717, 1.165) is 0 Å². The summed E-state index contributed by atoms with van der Waals surface area (Å²) in [5.41, 5.74) is 0.315. The van der Waals surface area contributed by atoms with Crippen LogP contribution in [0.1, 0.15) is 24.1 Å². The third-order valence-electron chi connectivity index (χ3n) is 4.71. The minimum Gasteiger partial charge on any atom is -0.507 e. The van der Waals surface area contributed by atoms with Gasteiger partial charge in [0.25, 0.3) is 11.7 Å². The fourth-order valence-electron chi connectivity index (χ4n) is 3.35. The molecule has 152 valence electrons. The van der Waals surface area contributed by atoms with Crippen LogP contribution in [0.5, 0.6) is 5.75 Å². The molecule has 1 saturated heterocycles. The van der Waals surface area contributed by atoms with E-state index in [4.69, 9.17) is 9.47 Å². The van der Waals surface area contributed by atoms with Crippen molar-refractivity contribution >= 4 is 17.4 Å². The van der Waals surface area contributed by atoms with Crippen LogP contribution in [0.4, 0.5) is 4.39 Å². The SMILES string of the molecule is CCOc1ccc(/C(O)=C2\C(=O)C(=O)N(CCOC)C2c2ccccc2F)cc1. The maximum absolute atomic E-state index is 14.6. The molecule has 1 unspecified atom stereocenters. The lowest BCUT2D eigenvalue weighted by Crippen LogP contribution is -2.33. The van der Waals surface area contributed by atoms with E-state index in [1.807, 2.05) is 6.92 Å². The van der Waals surface area contributed by atoms with Crippen LogP contribution in [0.3, 0.4) is 0 Å². The van der Waals surface area contributed by atoms with Gasteiger partial charge in [0, 0.05) is 24.8 Å². The number of Topliss-reactive ketones (excluding diaryl/α,β-unsaturated/α-hetero) is 1. The molecule has 0 radical (unpaired) electrons. The Balaban J connectivity index is 2.12. The average molecular weight is 399 g/mol. The number of ketones is 1. The Labute approximate surface area is 168 Å². The maximum Gasteiger partial charge on any atom is 0.295 e. The highest BCUT2D eigenvalue weighted by Gasteiger charge is 2.46. The van der Waals surface area contributed by atoms with E-state index in [1.54, 1.807) is 30.3 Å². The number of aliphatic hydroxyl groups excluding tert-OH is 1. The molecule has 1 atom stereocenters. The normalized spacial score (nSPS) is 18.3. The first-order chi connectivity index (χ1) is 14.0. The van der Waals surface area contributed by atoms with Crippen molar-refractivity contribution in [1.82, 2.24) is 4.90 Å². The first-order valence-corrected chi connectivity index (χ1v) is 9.24. The van der Waals surface area contributed by atoms with Gasteiger partial charge in [-0.05, 0) is 37.3 Å². The number of rotatable bonds is 7. The third-order valence-corrected chi connectivity index (χ3v) is 4.71. The second kappa shape index (κ2) is 8.87. The van der Waals surface area contributed by atoms with Crippen molar-refractivity contribution in [3.05, 3.63) is 71.0 Å². The molecule has 0 spiro atoms. The summed E-state index contributed by atoms with van der Waals surface area (Å²) in [6, 6.07) is 11.3. The summed E-state index contributed by atoms with van der Waals surface area (Å²) in [4.78, 5) is 26.6. The van der Waals surface area contributed by atoms with Crippen LogP contribution >= 0.6 is 0 Å². The van der Waals surface area contributed by atoms with Crippen LogP contribution < -0.4 is 4.74 Å². The molecule has 0 aromatic heterocycles. The number of halogens is 1. The number of benzene rings is 2. The Hall–Kier alpha value is -3.19. The number of hydrogen-bond acceptors (Lipinski definition) is 5. The zero-order chi connectivity index (χ0) is 21.0. The van der Waals surface area contributed by atoms with E-state index in [9.17, 15) is 19.1 Å². The van der Waals surface area contributed by atoms with E-state index in [1.165, 1.54) is 30.2 Å². The summed E-state index contributed by atoms with van der Waals surface area (Å²) in [5, 5.41) is 10.9. The molecule has 7 heteroatoms. The molecule has 6 nitrogen and oxygen atoms in total. The number of likely N-dealkylation sites (tertiary alicyclic amines) is 1. The lowest BCUT2D eigenvalue weighted by Gasteiger charge is -2.25. The maximum atomic E-state index is 14.6. The second-order valence-corrected chi connectivity index (χ2v) is 6.46. The van der Waals surface area contributed by atoms with Gasteiger partial charge in [-0.1, -0.05) is 18.2 Å². The number of methoxy groups -OCH3 is 1. The lowest BCUT2D eigenvalue weighted by molar-refractivity contribution is -0.140. The van der Waals surface area contributed by atoms with Crippen molar-refractivity contribution in [3.63, 3.8) is 0 Å². The summed E-state index contributed by atoms with van der Waals surface area (Å²) < 4.78 is 25.0. The van der Waals surface area contributed by atoms with Crippen molar-refractivity contribution < 1.29 is 28.6 Å². The number of nitrogens with zero attached hydrogens (tertiary/aromatic N) is 1. The summed E-state index contributed by atoms with van der Waals surface area (Å²) in [7, 11) is 1.47. The van der Waals surface area contributed by atoms with Gasteiger partial charge in [0.2, 0.25) is 0 Å².